The molecule has 4 heteroatoms. The number of carbonyl (C=O) groups is 1. The summed E-state index contributed by atoms with van der Waals surface area (Å²) < 4.78 is 0. The number of hydrogen-bond acceptors (Lipinski definition) is 3. The van der Waals surface area contributed by atoms with Crippen LogP contribution in [-0.4, -0.2) is 5.97 Å². The Morgan fingerprint density at radius 2 is 1.90 bits per heavy atom. The second-order valence-corrected chi connectivity index (χ2v) is 1.83. The summed E-state index contributed by atoms with van der Waals surface area (Å²) in [4.78, 5) is 9.76. The van der Waals surface area contributed by atoms with E-state index in [4.69, 9.17) is 0 Å². The largest absolute Gasteiger partial charge is 1.00 e. The van der Waals surface area contributed by atoms with Gasteiger partial charge in [0.2, 0.25) is 0 Å². The van der Waals surface area contributed by atoms with Gasteiger partial charge in [-0.05, 0) is 12.8 Å². The predicted octanol–water partition coefficient (Wildman–Crippen LogP) is -2.52. The maximum absolute atomic E-state index is 9.76. The Kier molecular flexibility index (Phi) is 20.4. The van der Waals surface area contributed by atoms with Gasteiger partial charge in [-0.25, -0.2) is 0 Å². The van der Waals surface area contributed by atoms with Gasteiger partial charge < -0.3 is 16.1 Å². The summed E-state index contributed by atoms with van der Waals surface area (Å²) in [6, 6.07) is 0. The van der Waals surface area contributed by atoms with E-state index in [0.717, 1.165) is 19.3 Å². The molecule has 0 unspecified atom stereocenters. The van der Waals surface area contributed by atoms with Crippen LogP contribution in [0.4, 0.5) is 0 Å². The molecule has 0 atom stereocenters. The van der Waals surface area contributed by atoms with Gasteiger partial charge in [-0.1, -0.05) is 19.8 Å². The van der Waals surface area contributed by atoms with Gasteiger partial charge in [0.25, 0.3) is 0 Å². The van der Waals surface area contributed by atoms with Gasteiger partial charge in [-0.3, -0.25) is 0 Å². The molecule has 0 radical (unpaired) electrons. The van der Waals surface area contributed by atoms with Gasteiger partial charge in [-0.2, -0.15) is 0 Å². The molecule has 0 fully saturated rings. The van der Waals surface area contributed by atoms with Crippen molar-refractivity contribution in [1.29, 1.82) is 0 Å². The van der Waals surface area contributed by atoms with Crippen molar-refractivity contribution in [3.63, 3.8) is 0 Å². The van der Waals surface area contributed by atoms with Gasteiger partial charge in [0.1, 0.15) is 0 Å². The van der Waals surface area contributed by atoms with E-state index in [2.05, 4.69) is 0 Å². The fraction of sp³-hybridized carbons (Fsp3) is 0.833. The SMILES string of the molecule is CCCCCC(=O)[O-].N.[Na+]. The molecule has 0 heterocycles. The molecule has 0 amide bonds. The van der Waals surface area contributed by atoms with E-state index in [9.17, 15) is 9.90 Å². The minimum atomic E-state index is -0.932. The van der Waals surface area contributed by atoms with E-state index in [1.165, 1.54) is 0 Å². The van der Waals surface area contributed by atoms with Crippen molar-refractivity contribution in [1.82, 2.24) is 6.15 Å². The first-order valence-corrected chi connectivity index (χ1v) is 2.97. The van der Waals surface area contributed by atoms with E-state index >= 15 is 0 Å². The third-order valence-electron chi connectivity index (χ3n) is 0.984. The Morgan fingerprint density at radius 3 is 2.20 bits per heavy atom. The van der Waals surface area contributed by atoms with Crippen molar-refractivity contribution in [3.05, 3.63) is 0 Å². The van der Waals surface area contributed by atoms with Crippen LogP contribution in [0.15, 0.2) is 0 Å². The number of aliphatic carboxylic acids is 1. The minimum absolute atomic E-state index is 0. The molecular weight excluding hydrogens is 141 g/mol. The molecule has 10 heavy (non-hydrogen) atoms. The van der Waals surface area contributed by atoms with Crippen molar-refractivity contribution in [3.8, 4) is 0 Å². The van der Waals surface area contributed by atoms with Crippen LogP contribution < -0.4 is 40.8 Å². The van der Waals surface area contributed by atoms with E-state index in [1.807, 2.05) is 6.92 Å². The quantitative estimate of drug-likeness (QED) is 0.359. The van der Waals surface area contributed by atoms with Crippen LogP contribution in [0.1, 0.15) is 32.6 Å². The van der Waals surface area contributed by atoms with Crippen LogP contribution >= 0.6 is 0 Å². The summed E-state index contributed by atoms with van der Waals surface area (Å²) in [6.07, 6.45) is 3.04. The Hall–Kier alpha value is 0.430. The molecular formula is C6H14NNaO2. The van der Waals surface area contributed by atoms with Crippen LogP contribution in [-0.2, 0) is 4.79 Å². The zero-order valence-corrected chi connectivity index (χ0v) is 8.85. The number of rotatable bonds is 4. The zero-order chi connectivity index (χ0) is 6.41. The molecule has 0 aromatic rings. The summed E-state index contributed by atoms with van der Waals surface area (Å²) >= 11 is 0. The first-order valence-electron chi connectivity index (χ1n) is 2.97. The van der Waals surface area contributed by atoms with Crippen molar-refractivity contribution in [2.75, 3.05) is 0 Å². The topological polar surface area (TPSA) is 75.1 Å². The number of carboxylic acid groups (broad SMARTS) is 1. The Balaban J connectivity index is -0.000000245. The zero-order valence-electron chi connectivity index (χ0n) is 6.85. The first-order chi connectivity index (χ1) is 3.77. The molecule has 0 aliphatic carbocycles. The number of carbonyl (C=O) groups excluding carboxylic acids is 1. The van der Waals surface area contributed by atoms with Crippen LogP contribution in [0.2, 0.25) is 0 Å². The van der Waals surface area contributed by atoms with Crippen LogP contribution in [0.5, 0.6) is 0 Å². The van der Waals surface area contributed by atoms with Crippen LogP contribution in [0.3, 0.4) is 0 Å². The number of carboxylic acids is 1. The van der Waals surface area contributed by atoms with E-state index in [-0.39, 0.29) is 42.1 Å². The summed E-state index contributed by atoms with van der Waals surface area (Å²) in [5.74, 6) is -0.932. The van der Waals surface area contributed by atoms with Crippen LogP contribution in [0.25, 0.3) is 0 Å². The molecule has 0 aliphatic heterocycles. The van der Waals surface area contributed by atoms with Gasteiger partial charge in [-0.15, -0.1) is 0 Å². The predicted molar refractivity (Wildman–Crippen MR) is 34.2 cm³/mol. The van der Waals surface area contributed by atoms with E-state index in [1.54, 1.807) is 0 Å². The average Bonchev–Trinajstić information content (AvgIpc) is 1.66. The number of hydrogen-bond donors (Lipinski definition) is 1. The smallest absolute Gasteiger partial charge is 0.550 e. The minimum Gasteiger partial charge on any atom is -0.550 e. The van der Waals surface area contributed by atoms with Crippen molar-refractivity contribution in [2.45, 2.75) is 32.6 Å². The van der Waals surface area contributed by atoms with Gasteiger partial charge in [0, 0.05) is 5.97 Å². The molecule has 0 saturated heterocycles. The van der Waals surface area contributed by atoms with Gasteiger partial charge in [0.15, 0.2) is 0 Å². The molecule has 3 N–H and O–H groups in total. The summed E-state index contributed by atoms with van der Waals surface area (Å²) in [6.45, 7) is 2.04. The third kappa shape index (κ3) is 15.8. The van der Waals surface area contributed by atoms with Crippen LogP contribution in [0, 0.1) is 0 Å². The maximum Gasteiger partial charge on any atom is 1.00 e. The molecule has 0 saturated carbocycles. The Bertz CT molecular complexity index is 78.1. The van der Waals surface area contributed by atoms with Gasteiger partial charge >= 0.3 is 29.6 Å². The molecule has 0 aromatic heterocycles. The molecule has 0 bridgehead atoms. The second kappa shape index (κ2) is 12.1. The van der Waals surface area contributed by atoms with E-state index in [0.29, 0.717) is 0 Å². The van der Waals surface area contributed by atoms with Crippen molar-refractivity contribution >= 4 is 5.97 Å². The fourth-order valence-electron chi connectivity index (χ4n) is 0.519. The third-order valence-corrected chi connectivity index (χ3v) is 0.984. The maximum atomic E-state index is 9.76. The average molecular weight is 155 g/mol. The van der Waals surface area contributed by atoms with Crippen molar-refractivity contribution in [2.24, 2.45) is 0 Å². The first kappa shape index (κ1) is 16.8. The Labute approximate surface area is 84.1 Å². The normalized spacial score (nSPS) is 7.30. The monoisotopic (exact) mass is 155 g/mol. The van der Waals surface area contributed by atoms with Crippen molar-refractivity contribution < 1.29 is 39.5 Å². The molecule has 3 nitrogen and oxygen atoms in total. The summed E-state index contributed by atoms with van der Waals surface area (Å²) in [5, 5.41) is 9.76. The summed E-state index contributed by atoms with van der Waals surface area (Å²) in [5.41, 5.74) is 0. The molecule has 0 rings (SSSR count). The Morgan fingerprint density at radius 1 is 1.40 bits per heavy atom. The molecule has 56 valence electrons. The summed E-state index contributed by atoms with van der Waals surface area (Å²) in [7, 11) is 0. The molecule has 0 spiro atoms. The molecule has 0 aliphatic rings. The number of unbranched alkanes of at least 4 members (excludes halogenated alkanes) is 2. The van der Waals surface area contributed by atoms with E-state index < -0.39 is 5.97 Å². The standard InChI is InChI=1S/C6H12O2.H3N.Na/c1-2-3-4-5-6(7)8;;/h2-5H2,1H3,(H,7,8);1H3;/q;;+1/p-1. The fourth-order valence-corrected chi connectivity index (χ4v) is 0.519. The molecule has 0 aromatic carbocycles. The van der Waals surface area contributed by atoms with Gasteiger partial charge in [0.05, 0.1) is 0 Å². The second-order valence-electron chi connectivity index (χ2n) is 1.83.